The topological polar surface area (TPSA) is 29.1 Å². The van der Waals surface area contributed by atoms with Crippen LogP contribution >= 0.6 is 0 Å². The third-order valence-corrected chi connectivity index (χ3v) is 1.96. The summed E-state index contributed by atoms with van der Waals surface area (Å²) >= 11 is 0. The van der Waals surface area contributed by atoms with Crippen LogP contribution in [0.15, 0.2) is 12.8 Å². The smallest absolute Gasteiger partial charge is 0.332 e. The molecule has 0 spiro atoms. The lowest BCUT2D eigenvalue weighted by molar-refractivity contribution is -0.191. The van der Waals surface area contributed by atoms with Crippen LogP contribution in [0.2, 0.25) is 0 Å². The first-order valence-electron chi connectivity index (χ1n) is 3.43. The van der Waals surface area contributed by atoms with E-state index in [1.54, 1.807) is 0 Å². The second kappa shape index (κ2) is 2.50. The number of alkyl halides is 3. The van der Waals surface area contributed by atoms with E-state index in [4.69, 9.17) is 0 Å². The third kappa shape index (κ3) is 1.19. The quantitative estimate of drug-likeness (QED) is 0.685. The number of amides is 1. The molecule has 0 heterocycles. The van der Waals surface area contributed by atoms with Gasteiger partial charge in [-0.1, -0.05) is 6.58 Å². The SMILES string of the molecule is C=CNC(=O)C1(C(F)(F)F)CC1. The molecule has 1 aliphatic carbocycles. The van der Waals surface area contributed by atoms with E-state index in [0.717, 1.165) is 6.20 Å². The molecular formula is C7H8F3NO. The standard InChI is InChI=1S/C7H8F3NO/c1-2-11-5(12)6(3-4-6)7(8,9)10/h2H,1,3-4H2,(H,11,12). The number of rotatable bonds is 2. The predicted octanol–water partition coefficient (Wildman–Crippen LogP) is 1.59. The maximum absolute atomic E-state index is 12.2. The summed E-state index contributed by atoms with van der Waals surface area (Å²) in [6.45, 7) is 3.12. The van der Waals surface area contributed by atoms with Gasteiger partial charge in [0.15, 0.2) is 0 Å². The number of hydrogen-bond acceptors (Lipinski definition) is 1. The Kier molecular flexibility index (Phi) is 1.89. The van der Waals surface area contributed by atoms with Crippen LogP contribution in [0.4, 0.5) is 13.2 Å². The van der Waals surface area contributed by atoms with Gasteiger partial charge in [0.1, 0.15) is 5.41 Å². The van der Waals surface area contributed by atoms with Crippen molar-refractivity contribution in [3.63, 3.8) is 0 Å². The number of nitrogens with one attached hydrogen (secondary N) is 1. The normalized spacial score (nSPS) is 19.9. The summed E-state index contributed by atoms with van der Waals surface area (Å²) in [6, 6.07) is 0. The van der Waals surface area contributed by atoms with Crippen molar-refractivity contribution < 1.29 is 18.0 Å². The van der Waals surface area contributed by atoms with Gasteiger partial charge in [0.05, 0.1) is 0 Å². The molecule has 0 unspecified atom stereocenters. The molecule has 68 valence electrons. The fourth-order valence-electron chi connectivity index (χ4n) is 0.995. The summed E-state index contributed by atoms with van der Waals surface area (Å²) in [6.07, 6.45) is -3.69. The Balaban J connectivity index is 2.73. The highest BCUT2D eigenvalue weighted by Gasteiger charge is 2.68. The highest BCUT2D eigenvalue weighted by molar-refractivity contribution is 5.86. The summed E-state index contributed by atoms with van der Waals surface area (Å²) in [5, 5.41) is 1.96. The van der Waals surface area contributed by atoms with Gasteiger partial charge >= 0.3 is 6.18 Å². The molecule has 0 saturated heterocycles. The van der Waals surface area contributed by atoms with Crippen molar-refractivity contribution in [1.82, 2.24) is 5.32 Å². The Labute approximate surface area is 67.4 Å². The maximum atomic E-state index is 12.2. The minimum absolute atomic E-state index is 0.115. The van der Waals surface area contributed by atoms with Gasteiger partial charge in [-0.25, -0.2) is 0 Å². The largest absolute Gasteiger partial charge is 0.403 e. The van der Waals surface area contributed by atoms with Gasteiger partial charge < -0.3 is 5.32 Å². The van der Waals surface area contributed by atoms with E-state index in [2.05, 4.69) is 6.58 Å². The summed E-state index contributed by atoms with van der Waals surface area (Å²) in [5.41, 5.74) is -2.12. The van der Waals surface area contributed by atoms with Gasteiger partial charge in [0, 0.05) is 0 Å². The fraction of sp³-hybridized carbons (Fsp3) is 0.571. The van der Waals surface area contributed by atoms with E-state index in [9.17, 15) is 18.0 Å². The highest BCUT2D eigenvalue weighted by atomic mass is 19.4. The molecule has 1 fully saturated rings. The number of carbonyl (C=O) groups excluding carboxylic acids is 1. The predicted molar refractivity (Wildman–Crippen MR) is 36.1 cm³/mol. The Morgan fingerprint density at radius 3 is 2.25 bits per heavy atom. The molecular weight excluding hydrogens is 171 g/mol. The van der Waals surface area contributed by atoms with E-state index in [1.165, 1.54) is 0 Å². The van der Waals surface area contributed by atoms with Crippen molar-refractivity contribution in [2.24, 2.45) is 5.41 Å². The molecule has 1 aliphatic rings. The third-order valence-electron chi connectivity index (χ3n) is 1.96. The van der Waals surface area contributed by atoms with E-state index in [0.29, 0.717) is 0 Å². The fourth-order valence-corrected chi connectivity index (χ4v) is 0.995. The van der Waals surface area contributed by atoms with E-state index in [-0.39, 0.29) is 12.8 Å². The van der Waals surface area contributed by atoms with Crippen molar-refractivity contribution in [3.8, 4) is 0 Å². The van der Waals surface area contributed by atoms with Crippen LogP contribution in [0.5, 0.6) is 0 Å². The second-order valence-electron chi connectivity index (χ2n) is 2.76. The Bertz CT molecular complexity index is 217. The monoisotopic (exact) mass is 179 g/mol. The van der Waals surface area contributed by atoms with Crippen molar-refractivity contribution >= 4 is 5.91 Å². The van der Waals surface area contributed by atoms with Gasteiger partial charge in [0.25, 0.3) is 0 Å². The first-order valence-corrected chi connectivity index (χ1v) is 3.43. The lowest BCUT2D eigenvalue weighted by Crippen LogP contribution is -2.39. The Morgan fingerprint density at radius 1 is 1.50 bits per heavy atom. The summed E-state index contributed by atoms with van der Waals surface area (Å²) in [4.78, 5) is 10.9. The van der Waals surface area contributed by atoms with Crippen LogP contribution in [-0.4, -0.2) is 12.1 Å². The molecule has 0 aromatic rings. The zero-order valence-electron chi connectivity index (χ0n) is 6.24. The molecule has 0 radical (unpaired) electrons. The summed E-state index contributed by atoms with van der Waals surface area (Å²) in [5.74, 6) is -0.995. The molecule has 1 rings (SSSR count). The van der Waals surface area contributed by atoms with Crippen LogP contribution < -0.4 is 5.32 Å². The minimum Gasteiger partial charge on any atom is -0.332 e. The molecule has 2 nitrogen and oxygen atoms in total. The zero-order chi connectivity index (χ0) is 9.41. The molecule has 0 aliphatic heterocycles. The van der Waals surface area contributed by atoms with Gasteiger partial charge in [-0.2, -0.15) is 13.2 Å². The summed E-state index contributed by atoms with van der Waals surface area (Å²) in [7, 11) is 0. The molecule has 0 aromatic carbocycles. The van der Waals surface area contributed by atoms with Crippen molar-refractivity contribution in [3.05, 3.63) is 12.8 Å². The highest BCUT2D eigenvalue weighted by Crippen LogP contribution is 2.57. The molecule has 0 bridgehead atoms. The number of hydrogen-bond donors (Lipinski definition) is 1. The second-order valence-corrected chi connectivity index (χ2v) is 2.76. The lowest BCUT2D eigenvalue weighted by atomic mass is 10.1. The number of carbonyl (C=O) groups is 1. The van der Waals surface area contributed by atoms with Gasteiger partial charge in [0.2, 0.25) is 5.91 Å². The van der Waals surface area contributed by atoms with E-state index in [1.807, 2.05) is 5.32 Å². The average molecular weight is 179 g/mol. The first kappa shape index (κ1) is 9.09. The summed E-state index contributed by atoms with van der Waals surface area (Å²) < 4.78 is 36.5. The van der Waals surface area contributed by atoms with Crippen molar-refractivity contribution in [2.75, 3.05) is 0 Å². The maximum Gasteiger partial charge on any atom is 0.403 e. The lowest BCUT2D eigenvalue weighted by Gasteiger charge is -2.16. The molecule has 1 amide bonds. The van der Waals surface area contributed by atoms with E-state index >= 15 is 0 Å². The van der Waals surface area contributed by atoms with Crippen molar-refractivity contribution in [2.45, 2.75) is 19.0 Å². The molecule has 12 heavy (non-hydrogen) atoms. The van der Waals surface area contributed by atoms with Crippen LogP contribution in [0.1, 0.15) is 12.8 Å². The molecule has 0 aromatic heterocycles. The Hall–Kier alpha value is -1.00. The van der Waals surface area contributed by atoms with E-state index < -0.39 is 17.5 Å². The average Bonchev–Trinajstić information content (AvgIpc) is 2.63. The molecule has 5 heteroatoms. The van der Waals surface area contributed by atoms with Crippen LogP contribution in [0.25, 0.3) is 0 Å². The molecule has 1 N–H and O–H groups in total. The Morgan fingerprint density at radius 2 is 2.00 bits per heavy atom. The van der Waals surface area contributed by atoms with Crippen molar-refractivity contribution in [1.29, 1.82) is 0 Å². The minimum atomic E-state index is -4.43. The van der Waals surface area contributed by atoms with Gasteiger partial charge in [-0.3, -0.25) is 4.79 Å². The van der Waals surface area contributed by atoms with Crippen LogP contribution in [0.3, 0.4) is 0 Å². The molecule has 0 atom stereocenters. The molecule has 1 saturated carbocycles. The van der Waals surface area contributed by atoms with Crippen LogP contribution in [-0.2, 0) is 4.79 Å². The number of halogens is 3. The first-order chi connectivity index (χ1) is 5.44. The van der Waals surface area contributed by atoms with Gasteiger partial charge in [-0.05, 0) is 19.0 Å². The zero-order valence-corrected chi connectivity index (χ0v) is 6.24. The van der Waals surface area contributed by atoms with Crippen LogP contribution in [0, 0.1) is 5.41 Å². The van der Waals surface area contributed by atoms with Gasteiger partial charge in [-0.15, -0.1) is 0 Å².